The van der Waals surface area contributed by atoms with Crippen LogP contribution in [-0.2, 0) is 13.1 Å². The third-order valence-corrected chi connectivity index (χ3v) is 6.40. The number of para-hydroxylation sites is 2. The fourth-order valence-electron chi connectivity index (χ4n) is 4.73. The van der Waals surface area contributed by atoms with Gasteiger partial charge >= 0.3 is 0 Å². The Morgan fingerprint density at radius 1 is 0.848 bits per heavy atom. The molecule has 1 fully saturated rings. The molecule has 0 atom stereocenters. The highest BCUT2D eigenvalue weighted by Crippen LogP contribution is 2.18. The van der Waals surface area contributed by atoms with E-state index >= 15 is 0 Å². The number of rotatable bonds is 7. The first-order valence-electron chi connectivity index (χ1n) is 11.2. The molecule has 4 rings (SSSR count). The normalized spacial score (nSPS) is 17.8. The first-order chi connectivity index (χ1) is 15.1. The maximum Gasteiger partial charge on any atom is 0.273 e. The zero-order valence-electron chi connectivity index (χ0n) is 19.2. The summed E-state index contributed by atoms with van der Waals surface area (Å²) >= 11 is 0. The van der Waals surface area contributed by atoms with Crippen LogP contribution in [-0.4, -0.2) is 49.2 Å². The Morgan fingerprint density at radius 3 is 2.03 bits per heavy atom. The van der Waals surface area contributed by atoms with E-state index in [0.717, 1.165) is 44.9 Å². The number of aromatic nitrogens is 2. The second-order valence-corrected chi connectivity index (χ2v) is 8.15. The van der Waals surface area contributed by atoms with E-state index in [1.165, 1.54) is 10.6 Å². The molecule has 3 aromatic rings. The molecule has 9 heteroatoms. The molecule has 0 bridgehead atoms. The van der Waals surface area contributed by atoms with Gasteiger partial charge in [-0.25, -0.2) is 9.36 Å². The van der Waals surface area contributed by atoms with Crippen LogP contribution in [0.5, 0.6) is 5.75 Å². The lowest BCUT2D eigenvalue weighted by molar-refractivity contribution is -0.986. The molecule has 0 aliphatic carbocycles. The highest BCUT2D eigenvalue weighted by molar-refractivity contribution is 5.80. The first kappa shape index (κ1) is 26.9. The molecule has 1 aliphatic rings. The molecule has 2 heterocycles. The number of hydrogen-bond acceptors (Lipinski definition) is 3. The van der Waals surface area contributed by atoms with E-state index in [1.807, 2.05) is 31.2 Å². The Bertz CT molecular complexity index is 1170. The number of nitrogens with zero attached hydrogens (tertiary/aromatic N) is 2. The third-order valence-electron chi connectivity index (χ3n) is 6.40. The van der Waals surface area contributed by atoms with Crippen LogP contribution in [0.15, 0.2) is 58.1 Å². The molecule has 0 spiro atoms. The van der Waals surface area contributed by atoms with E-state index in [-0.39, 0.29) is 35.9 Å². The van der Waals surface area contributed by atoms with Crippen molar-refractivity contribution in [1.29, 1.82) is 0 Å². The fraction of sp³-hybridized carbons (Fsp3) is 0.417. The molecular formula is C24H32Cl2N4O3. The zero-order chi connectivity index (χ0) is 21.8. The number of benzene rings is 2. The number of halogens is 2. The Labute approximate surface area is 206 Å². The lowest BCUT2D eigenvalue weighted by Gasteiger charge is -2.30. The SMILES string of the molecule is CCn1c(=O)c2ccccc2c(=O)n1CCC[NH+]1CC[NH+](c2ccccc2OC)CC1.[Cl-].[Cl-]. The molecule has 0 saturated carbocycles. The van der Waals surface area contributed by atoms with Crippen LogP contribution < -0.4 is 50.5 Å². The van der Waals surface area contributed by atoms with Crippen molar-refractivity contribution in [3.8, 4) is 5.75 Å². The number of hydrogen-bond donors (Lipinski definition) is 2. The minimum atomic E-state index is -0.0842. The highest BCUT2D eigenvalue weighted by atomic mass is 35.5. The summed E-state index contributed by atoms with van der Waals surface area (Å²) in [6.45, 7) is 8.26. The predicted molar refractivity (Wildman–Crippen MR) is 122 cm³/mol. The number of nitrogens with one attached hydrogen (secondary N) is 2. The van der Waals surface area contributed by atoms with Gasteiger partial charge in [0.15, 0.2) is 11.4 Å². The highest BCUT2D eigenvalue weighted by Gasteiger charge is 2.26. The average molecular weight is 495 g/mol. The Kier molecular flexibility index (Phi) is 9.98. The Balaban J connectivity index is 0.00000193. The van der Waals surface area contributed by atoms with Gasteiger partial charge < -0.3 is 34.5 Å². The molecule has 33 heavy (non-hydrogen) atoms. The van der Waals surface area contributed by atoms with Gasteiger partial charge in [0, 0.05) is 25.6 Å². The average Bonchev–Trinajstić information content (AvgIpc) is 2.82. The second kappa shape index (κ2) is 12.2. The van der Waals surface area contributed by atoms with Crippen LogP contribution >= 0.6 is 0 Å². The van der Waals surface area contributed by atoms with Crippen molar-refractivity contribution in [2.75, 3.05) is 39.8 Å². The van der Waals surface area contributed by atoms with Crippen LogP contribution in [0.2, 0.25) is 0 Å². The zero-order valence-corrected chi connectivity index (χ0v) is 20.7. The predicted octanol–water partition coefficient (Wildman–Crippen LogP) is -6.30. The standard InChI is InChI=1S/C24H30N4O3.2ClH/c1-3-27-23(29)19-9-4-5-10-20(19)24(30)28(27)14-8-13-25-15-17-26(18-16-25)21-11-6-7-12-22(21)31-2;;/h4-7,9-12H,3,8,13-18H2,1-2H3;2*1H. The number of methoxy groups -OCH3 is 1. The molecule has 1 saturated heterocycles. The van der Waals surface area contributed by atoms with E-state index in [2.05, 4.69) is 12.1 Å². The third kappa shape index (κ3) is 5.61. The summed E-state index contributed by atoms with van der Waals surface area (Å²) in [5, 5.41) is 1.02. The van der Waals surface area contributed by atoms with E-state index in [1.54, 1.807) is 33.5 Å². The minimum Gasteiger partial charge on any atom is -1.00 e. The summed E-state index contributed by atoms with van der Waals surface area (Å²) < 4.78 is 8.75. The number of quaternary nitrogens is 2. The molecule has 180 valence electrons. The molecular weight excluding hydrogens is 463 g/mol. The lowest BCUT2D eigenvalue weighted by atomic mass is 10.2. The molecule has 0 amide bonds. The van der Waals surface area contributed by atoms with Crippen LogP contribution in [0.3, 0.4) is 0 Å². The van der Waals surface area contributed by atoms with Crippen LogP contribution in [0, 0.1) is 0 Å². The van der Waals surface area contributed by atoms with Crippen LogP contribution in [0.1, 0.15) is 13.3 Å². The summed E-state index contributed by atoms with van der Waals surface area (Å²) in [5.41, 5.74) is 1.08. The van der Waals surface area contributed by atoms with Crippen molar-refractivity contribution in [3.05, 3.63) is 69.2 Å². The second-order valence-electron chi connectivity index (χ2n) is 8.15. The van der Waals surface area contributed by atoms with Gasteiger partial charge in [0.2, 0.25) is 0 Å². The molecule has 1 aliphatic heterocycles. The smallest absolute Gasteiger partial charge is 0.273 e. The van der Waals surface area contributed by atoms with Gasteiger partial charge in [-0.2, -0.15) is 0 Å². The monoisotopic (exact) mass is 494 g/mol. The summed E-state index contributed by atoms with van der Waals surface area (Å²) in [7, 11) is 1.73. The van der Waals surface area contributed by atoms with Crippen molar-refractivity contribution in [2.45, 2.75) is 26.4 Å². The molecule has 7 nitrogen and oxygen atoms in total. The summed E-state index contributed by atoms with van der Waals surface area (Å²) in [4.78, 5) is 28.8. The van der Waals surface area contributed by atoms with Gasteiger partial charge in [-0.15, -0.1) is 0 Å². The van der Waals surface area contributed by atoms with Gasteiger partial charge in [-0.05, 0) is 25.1 Å². The van der Waals surface area contributed by atoms with Gasteiger partial charge in [0.05, 0.1) is 24.4 Å². The molecule has 0 radical (unpaired) electrons. The van der Waals surface area contributed by atoms with Gasteiger partial charge in [0.1, 0.15) is 26.2 Å². The van der Waals surface area contributed by atoms with Crippen LogP contribution in [0.25, 0.3) is 10.8 Å². The lowest BCUT2D eigenvalue weighted by Crippen LogP contribution is -3.26. The summed E-state index contributed by atoms with van der Waals surface area (Å²) in [5.74, 6) is 0.953. The van der Waals surface area contributed by atoms with Gasteiger partial charge in [-0.1, -0.05) is 24.3 Å². The van der Waals surface area contributed by atoms with E-state index in [4.69, 9.17) is 4.74 Å². The summed E-state index contributed by atoms with van der Waals surface area (Å²) in [6.07, 6.45) is 0.872. The number of ether oxygens (including phenoxy) is 1. The molecule has 2 aromatic carbocycles. The maximum absolute atomic E-state index is 13.0. The van der Waals surface area contributed by atoms with E-state index < -0.39 is 0 Å². The summed E-state index contributed by atoms with van der Waals surface area (Å²) in [6, 6.07) is 15.4. The van der Waals surface area contributed by atoms with Crippen molar-refractivity contribution < 1.29 is 39.4 Å². The number of piperazine rings is 1. The number of fused-ring (bicyclic) bond motifs is 1. The maximum atomic E-state index is 13.0. The Hall–Kier alpha value is -2.32. The molecule has 0 unspecified atom stereocenters. The quantitative estimate of drug-likeness (QED) is 0.343. The van der Waals surface area contributed by atoms with Crippen molar-refractivity contribution >= 4 is 16.5 Å². The van der Waals surface area contributed by atoms with E-state index in [0.29, 0.717) is 23.9 Å². The minimum absolute atomic E-state index is 0. The van der Waals surface area contributed by atoms with Crippen molar-refractivity contribution in [3.63, 3.8) is 0 Å². The van der Waals surface area contributed by atoms with Gasteiger partial charge in [0.25, 0.3) is 11.1 Å². The molecule has 2 N–H and O–H groups in total. The fourth-order valence-corrected chi connectivity index (χ4v) is 4.73. The molecule has 1 aromatic heterocycles. The van der Waals surface area contributed by atoms with Gasteiger partial charge in [-0.3, -0.25) is 14.5 Å². The van der Waals surface area contributed by atoms with Crippen molar-refractivity contribution in [1.82, 2.24) is 9.36 Å². The van der Waals surface area contributed by atoms with Crippen LogP contribution in [0.4, 0.5) is 5.69 Å². The Morgan fingerprint density at radius 2 is 1.42 bits per heavy atom. The largest absolute Gasteiger partial charge is 1.00 e. The first-order valence-corrected chi connectivity index (χ1v) is 11.2. The topological polar surface area (TPSA) is 62.1 Å². The van der Waals surface area contributed by atoms with E-state index in [9.17, 15) is 9.59 Å². The van der Waals surface area contributed by atoms with Crippen molar-refractivity contribution in [2.24, 2.45) is 0 Å².